The highest BCUT2D eigenvalue weighted by Crippen LogP contribution is 2.21. The molecule has 7 heteroatoms. The van der Waals surface area contributed by atoms with Gasteiger partial charge in [-0.1, -0.05) is 12.8 Å². The second-order valence-corrected chi connectivity index (χ2v) is 6.59. The average Bonchev–Trinajstić information content (AvgIpc) is 3.16. The normalized spacial score (nSPS) is 27.9. The van der Waals surface area contributed by atoms with Gasteiger partial charge in [0.15, 0.2) is 0 Å². The Hall–Kier alpha value is -1.76. The summed E-state index contributed by atoms with van der Waals surface area (Å²) >= 11 is 0. The maximum absolute atomic E-state index is 12.3. The van der Waals surface area contributed by atoms with Crippen molar-refractivity contribution in [2.45, 2.75) is 50.3 Å². The van der Waals surface area contributed by atoms with Crippen LogP contribution in [-0.2, 0) is 11.8 Å². The molecule has 7 nitrogen and oxygen atoms in total. The number of ether oxygens (including phenoxy) is 1. The van der Waals surface area contributed by atoms with Crippen LogP contribution >= 0.6 is 0 Å². The minimum absolute atomic E-state index is 0.0722. The molecular weight excluding hydrogens is 294 g/mol. The fraction of sp³-hybridized carbons (Fsp3) is 0.750. The van der Waals surface area contributed by atoms with Gasteiger partial charge in [0.1, 0.15) is 0 Å². The van der Waals surface area contributed by atoms with Crippen molar-refractivity contribution in [1.29, 1.82) is 0 Å². The van der Waals surface area contributed by atoms with Crippen molar-refractivity contribution in [2.24, 2.45) is 7.05 Å². The highest BCUT2D eigenvalue weighted by atomic mass is 16.5. The molecule has 2 N–H and O–H groups in total. The predicted octanol–water partition coefficient (Wildman–Crippen LogP) is 1.26. The van der Waals surface area contributed by atoms with Gasteiger partial charge in [0, 0.05) is 39.5 Å². The number of nitrogens with one attached hydrogen (secondary N) is 2. The third-order valence-electron chi connectivity index (χ3n) is 4.90. The van der Waals surface area contributed by atoms with E-state index in [2.05, 4.69) is 20.6 Å². The topological polar surface area (TPSA) is 71.4 Å². The second kappa shape index (κ2) is 7.21. The Morgan fingerprint density at radius 1 is 1.30 bits per heavy atom. The molecule has 1 aliphatic heterocycles. The molecule has 1 aromatic rings. The molecule has 2 heterocycles. The molecule has 2 amide bonds. The number of methoxy groups -OCH3 is 1. The van der Waals surface area contributed by atoms with Crippen LogP contribution in [0.15, 0.2) is 12.4 Å². The van der Waals surface area contributed by atoms with Crippen LogP contribution in [0.5, 0.6) is 0 Å². The second-order valence-electron chi connectivity index (χ2n) is 6.59. The molecule has 1 aliphatic carbocycles. The molecule has 1 aromatic heterocycles. The van der Waals surface area contributed by atoms with Gasteiger partial charge in [-0.25, -0.2) is 4.79 Å². The van der Waals surface area contributed by atoms with Crippen LogP contribution < -0.4 is 15.5 Å². The van der Waals surface area contributed by atoms with Crippen molar-refractivity contribution in [3.8, 4) is 0 Å². The zero-order valence-electron chi connectivity index (χ0n) is 14.0. The lowest BCUT2D eigenvalue weighted by atomic mass is 9.92. The smallest absolute Gasteiger partial charge is 0.315 e. The quantitative estimate of drug-likeness (QED) is 0.876. The van der Waals surface area contributed by atoms with Gasteiger partial charge in [-0.2, -0.15) is 5.10 Å². The standard InChI is InChI=1S/C16H27N5O2/c1-20-11-13(9-17-20)21-8-7-12(10-21)18-16(22)19-14-5-3-4-6-15(14)23-2/h9,11-12,14-15H,3-8,10H2,1-2H3,(H2,18,19,22)/t12-,14+,15-/m1/s1. The zero-order chi connectivity index (χ0) is 16.2. The molecule has 3 rings (SSSR count). The van der Waals surface area contributed by atoms with Gasteiger partial charge in [0.05, 0.1) is 24.0 Å². The van der Waals surface area contributed by atoms with E-state index in [9.17, 15) is 4.79 Å². The minimum Gasteiger partial charge on any atom is -0.379 e. The first kappa shape index (κ1) is 16.1. The molecule has 3 atom stereocenters. The summed E-state index contributed by atoms with van der Waals surface area (Å²) in [5.41, 5.74) is 1.11. The van der Waals surface area contributed by atoms with Crippen LogP contribution in [0.4, 0.5) is 10.5 Å². The van der Waals surface area contributed by atoms with Crippen molar-refractivity contribution >= 4 is 11.7 Å². The predicted molar refractivity (Wildman–Crippen MR) is 88.5 cm³/mol. The summed E-state index contributed by atoms with van der Waals surface area (Å²) in [6.45, 7) is 1.78. The molecular formula is C16H27N5O2. The summed E-state index contributed by atoms with van der Waals surface area (Å²) in [6.07, 6.45) is 9.34. The molecule has 0 aromatic carbocycles. The molecule has 0 unspecified atom stereocenters. The Morgan fingerprint density at radius 3 is 2.87 bits per heavy atom. The first-order valence-corrected chi connectivity index (χ1v) is 8.49. The lowest BCUT2D eigenvalue weighted by Crippen LogP contribution is -2.52. The Morgan fingerprint density at radius 2 is 2.13 bits per heavy atom. The first-order valence-electron chi connectivity index (χ1n) is 8.49. The van der Waals surface area contributed by atoms with Crippen molar-refractivity contribution in [2.75, 3.05) is 25.1 Å². The molecule has 128 valence electrons. The van der Waals surface area contributed by atoms with Crippen molar-refractivity contribution in [3.63, 3.8) is 0 Å². The summed E-state index contributed by atoms with van der Waals surface area (Å²) in [5.74, 6) is 0. The first-order chi connectivity index (χ1) is 11.2. The Labute approximate surface area is 137 Å². The minimum atomic E-state index is -0.0722. The maximum atomic E-state index is 12.3. The molecule has 0 bridgehead atoms. The number of aromatic nitrogens is 2. The van der Waals surface area contributed by atoms with E-state index in [1.165, 1.54) is 6.42 Å². The van der Waals surface area contributed by atoms with Crippen LogP contribution in [0.3, 0.4) is 0 Å². The number of urea groups is 1. The number of anilines is 1. The number of rotatable bonds is 4. The van der Waals surface area contributed by atoms with Gasteiger partial charge < -0.3 is 20.3 Å². The number of amides is 2. The van der Waals surface area contributed by atoms with Gasteiger partial charge in [-0.3, -0.25) is 4.68 Å². The largest absolute Gasteiger partial charge is 0.379 e. The Bertz CT molecular complexity index is 532. The van der Waals surface area contributed by atoms with Crippen molar-refractivity contribution in [3.05, 3.63) is 12.4 Å². The molecule has 2 fully saturated rings. The van der Waals surface area contributed by atoms with Crippen LogP contribution in [0, 0.1) is 0 Å². The van der Waals surface area contributed by atoms with E-state index in [0.29, 0.717) is 0 Å². The van der Waals surface area contributed by atoms with Gasteiger partial charge in [-0.05, 0) is 19.3 Å². The van der Waals surface area contributed by atoms with E-state index in [1.807, 2.05) is 19.4 Å². The number of nitrogens with zero attached hydrogens (tertiary/aromatic N) is 3. The van der Waals surface area contributed by atoms with E-state index in [0.717, 1.165) is 44.5 Å². The molecule has 1 saturated heterocycles. The molecule has 1 saturated carbocycles. The van der Waals surface area contributed by atoms with E-state index in [1.54, 1.807) is 11.8 Å². The summed E-state index contributed by atoms with van der Waals surface area (Å²) in [7, 11) is 3.64. The van der Waals surface area contributed by atoms with Gasteiger partial charge >= 0.3 is 6.03 Å². The lowest BCUT2D eigenvalue weighted by molar-refractivity contribution is 0.0451. The van der Waals surface area contributed by atoms with Gasteiger partial charge in [0.2, 0.25) is 0 Å². The zero-order valence-corrected chi connectivity index (χ0v) is 14.0. The SMILES string of the molecule is CO[C@@H]1CCCC[C@@H]1NC(=O)N[C@@H]1CCN(c2cnn(C)c2)C1. The third kappa shape index (κ3) is 3.96. The molecule has 0 radical (unpaired) electrons. The van der Waals surface area contributed by atoms with Crippen LogP contribution in [0.2, 0.25) is 0 Å². The van der Waals surface area contributed by atoms with E-state index in [-0.39, 0.29) is 24.2 Å². The number of hydrogen-bond acceptors (Lipinski definition) is 4. The number of carbonyl (C=O) groups is 1. The van der Waals surface area contributed by atoms with Crippen LogP contribution in [-0.4, -0.2) is 54.2 Å². The van der Waals surface area contributed by atoms with Gasteiger partial charge in [-0.15, -0.1) is 0 Å². The summed E-state index contributed by atoms with van der Waals surface area (Å²) in [5, 5.41) is 10.4. The van der Waals surface area contributed by atoms with Gasteiger partial charge in [0.25, 0.3) is 0 Å². The highest BCUT2D eigenvalue weighted by molar-refractivity contribution is 5.75. The monoisotopic (exact) mass is 321 g/mol. The van der Waals surface area contributed by atoms with E-state index in [4.69, 9.17) is 4.74 Å². The van der Waals surface area contributed by atoms with Crippen molar-refractivity contribution in [1.82, 2.24) is 20.4 Å². The van der Waals surface area contributed by atoms with E-state index < -0.39 is 0 Å². The molecule has 0 spiro atoms. The molecule has 23 heavy (non-hydrogen) atoms. The Balaban J connectivity index is 1.47. The van der Waals surface area contributed by atoms with E-state index >= 15 is 0 Å². The Kier molecular flexibility index (Phi) is 5.05. The summed E-state index contributed by atoms with van der Waals surface area (Å²) < 4.78 is 7.29. The summed E-state index contributed by atoms with van der Waals surface area (Å²) in [4.78, 5) is 14.5. The van der Waals surface area contributed by atoms with Crippen molar-refractivity contribution < 1.29 is 9.53 Å². The lowest BCUT2D eigenvalue weighted by Gasteiger charge is -2.31. The summed E-state index contributed by atoms with van der Waals surface area (Å²) in [6, 6.07) is 0.237. The number of hydrogen-bond donors (Lipinski definition) is 2. The van der Waals surface area contributed by atoms with Crippen LogP contribution in [0.25, 0.3) is 0 Å². The molecule has 2 aliphatic rings. The number of aryl methyl sites for hydroxylation is 1. The number of carbonyl (C=O) groups excluding carboxylic acids is 1. The highest BCUT2D eigenvalue weighted by Gasteiger charge is 2.29. The average molecular weight is 321 g/mol. The fourth-order valence-electron chi connectivity index (χ4n) is 3.62. The fourth-order valence-corrected chi connectivity index (χ4v) is 3.62. The third-order valence-corrected chi connectivity index (χ3v) is 4.90. The van der Waals surface area contributed by atoms with Crippen LogP contribution in [0.1, 0.15) is 32.1 Å². The maximum Gasteiger partial charge on any atom is 0.315 e.